The quantitative estimate of drug-likeness (QED) is 0.476. The molecule has 0 saturated carbocycles. The van der Waals surface area contributed by atoms with Crippen LogP contribution in [0.5, 0.6) is 0 Å². The minimum absolute atomic E-state index is 0. The monoisotopic (exact) mass is 295 g/mol. The van der Waals surface area contributed by atoms with Gasteiger partial charge in [-0.2, -0.15) is 0 Å². The molecule has 1 aromatic heterocycles. The SMILES string of the molecule is CCCCc1cc(C)ccn1.F[P-](F)(F)(F)(F)F.[H+]. The zero-order valence-electron chi connectivity index (χ0n) is 11.0. The van der Waals surface area contributed by atoms with Crippen molar-refractivity contribution in [1.82, 2.24) is 4.98 Å². The van der Waals surface area contributed by atoms with Crippen LogP contribution in [0.15, 0.2) is 18.3 Å². The van der Waals surface area contributed by atoms with E-state index in [9.17, 15) is 25.2 Å². The van der Waals surface area contributed by atoms with E-state index in [4.69, 9.17) is 0 Å². The van der Waals surface area contributed by atoms with Gasteiger partial charge in [0.05, 0.1) is 0 Å². The molecule has 0 atom stereocenters. The molecule has 0 spiro atoms. The van der Waals surface area contributed by atoms with Gasteiger partial charge in [-0.3, -0.25) is 4.98 Å². The molecule has 0 unspecified atom stereocenters. The van der Waals surface area contributed by atoms with Gasteiger partial charge in [-0.1, -0.05) is 13.3 Å². The number of hydrogen-bond donors (Lipinski definition) is 0. The zero-order chi connectivity index (χ0) is 14.5. The number of pyridine rings is 1. The maximum Gasteiger partial charge on any atom is 1.00 e. The van der Waals surface area contributed by atoms with Crippen LogP contribution in [0.2, 0.25) is 0 Å². The summed E-state index contributed by atoms with van der Waals surface area (Å²) in [5.74, 6) is 0. The van der Waals surface area contributed by atoms with Gasteiger partial charge in [-0.05, 0) is 37.5 Å². The Labute approximate surface area is 103 Å². The molecule has 0 aliphatic carbocycles. The third kappa shape index (κ3) is 17.6. The summed E-state index contributed by atoms with van der Waals surface area (Å²) in [7, 11) is -10.7. The van der Waals surface area contributed by atoms with E-state index in [-0.39, 0.29) is 1.43 Å². The summed E-state index contributed by atoms with van der Waals surface area (Å²) in [5, 5.41) is 0. The minimum Gasteiger partial charge on any atom is 1.00 e. The van der Waals surface area contributed by atoms with Crippen molar-refractivity contribution in [2.24, 2.45) is 0 Å². The summed E-state index contributed by atoms with van der Waals surface area (Å²) < 4.78 is 59.2. The Kier molecular flexibility index (Phi) is 4.80. The molecule has 0 bridgehead atoms. The Hall–Kier alpha value is -0.840. The average molecular weight is 295 g/mol. The summed E-state index contributed by atoms with van der Waals surface area (Å²) in [4.78, 5) is 4.28. The van der Waals surface area contributed by atoms with E-state index in [2.05, 4.69) is 24.9 Å². The smallest absolute Gasteiger partial charge is 1.00 e. The number of halogens is 6. The zero-order valence-corrected chi connectivity index (χ0v) is 10.9. The van der Waals surface area contributed by atoms with Crippen LogP contribution in [0.3, 0.4) is 0 Å². The standard InChI is InChI=1S/C10H15N.F6P/c1-3-4-5-10-8-9(2)6-7-11-10;1-7(2,3,4,5)6/h6-8H,3-5H2,1-2H3;/q;-1/p+1. The molecule has 0 fully saturated rings. The van der Waals surface area contributed by atoms with Crippen molar-refractivity contribution in [3.63, 3.8) is 0 Å². The summed E-state index contributed by atoms with van der Waals surface area (Å²) >= 11 is 0. The van der Waals surface area contributed by atoms with Gasteiger partial charge in [-0.25, -0.2) is 0 Å². The molecule has 1 rings (SSSR count). The van der Waals surface area contributed by atoms with Gasteiger partial charge < -0.3 is 0 Å². The van der Waals surface area contributed by atoms with Crippen LogP contribution in [0, 0.1) is 6.92 Å². The van der Waals surface area contributed by atoms with E-state index < -0.39 is 7.81 Å². The molecule has 0 saturated heterocycles. The van der Waals surface area contributed by atoms with Gasteiger partial charge in [0.25, 0.3) is 0 Å². The van der Waals surface area contributed by atoms with Crippen LogP contribution in [-0.2, 0) is 6.42 Å². The molecule has 108 valence electrons. The molecule has 0 amide bonds. The van der Waals surface area contributed by atoms with E-state index in [0.717, 1.165) is 6.42 Å². The third-order valence-electron chi connectivity index (χ3n) is 1.76. The maximum atomic E-state index is 9.87. The normalized spacial score (nSPS) is 15.1. The Morgan fingerprint density at radius 3 is 2.06 bits per heavy atom. The molecule has 18 heavy (non-hydrogen) atoms. The van der Waals surface area contributed by atoms with Crippen molar-refractivity contribution in [3.05, 3.63) is 29.6 Å². The molecule has 0 N–H and O–H groups in total. The molecule has 8 heteroatoms. The van der Waals surface area contributed by atoms with Crippen LogP contribution in [-0.4, -0.2) is 4.98 Å². The van der Waals surface area contributed by atoms with Gasteiger partial charge in [0, 0.05) is 11.9 Å². The first-order chi connectivity index (χ1) is 7.78. The van der Waals surface area contributed by atoms with Crippen LogP contribution < -0.4 is 0 Å². The average Bonchev–Trinajstić information content (AvgIpc) is 2.10. The number of aryl methyl sites for hydroxylation is 2. The van der Waals surface area contributed by atoms with E-state index >= 15 is 0 Å². The van der Waals surface area contributed by atoms with Crippen LogP contribution in [0.25, 0.3) is 0 Å². The van der Waals surface area contributed by atoms with Crippen LogP contribution in [0.1, 0.15) is 32.4 Å². The van der Waals surface area contributed by atoms with E-state index in [1.165, 1.54) is 24.1 Å². The number of nitrogens with zero attached hydrogens (tertiary/aromatic N) is 1. The van der Waals surface area contributed by atoms with Gasteiger partial charge in [0.2, 0.25) is 0 Å². The summed E-state index contributed by atoms with van der Waals surface area (Å²) in [6.07, 6.45) is 5.50. The minimum atomic E-state index is -10.7. The molecular weight excluding hydrogens is 279 g/mol. The molecule has 1 aromatic rings. The Morgan fingerprint density at radius 1 is 1.17 bits per heavy atom. The van der Waals surface area contributed by atoms with Crippen molar-refractivity contribution in [2.75, 3.05) is 0 Å². The van der Waals surface area contributed by atoms with Crippen LogP contribution in [0.4, 0.5) is 25.2 Å². The molecule has 0 aromatic carbocycles. The van der Waals surface area contributed by atoms with Crippen LogP contribution >= 0.6 is 7.81 Å². The number of rotatable bonds is 3. The van der Waals surface area contributed by atoms with E-state index in [0.29, 0.717) is 0 Å². The third-order valence-corrected chi connectivity index (χ3v) is 1.76. The first kappa shape index (κ1) is 17.2. The van der Waals surface area contributed by atoms with Crippen molar-refractivity contribution < 1.29 is 26.6 Å². The molecule has 1 nitrogen and oxygen atoms in total. The molecule has 0 aliphatic heterocycles. The second-order valence-corrected chi connectivity index (χ2v) is 5.80. The van der Waals surface area contributed by atoms with Crippen molar-refractivity contribution in [3.8, 4) is 0 Å². The topological polar surface area (TPSA) is 12.9 Å². The molecular formula is C10H16F6NP. The Balaban J connectivity index is 0. The number of unbranched alkanes of at least 4 members (excludes halogenated alkanes) is 1. The molecule has 0 radical (unpaired) electrons. The number of aromatic nitrogens is 1. The Bertz CT molecular complexity index is 380. The van der Waals surface area contributed by atoms with Crippen molar-refractivity contribution >= 4 is 7.81 Å². The predicted octanol–water partition coefficient (Wildman–Crippen LogP) is 6.23. The van der Waals surface area contributed by atoms with Gasteiger partial charge in [0.15, 0.2) is 0 Å². The number of hydrogen-bond acceptors (Lipinski definition) is 1. The van der Waals surface area contributed by atoms with Crippen molar-refractivity contribution in [2.45, 2.75) is 33.1 Å². The van der Waals surface area contributed by atoms with Gasteiger partial charge >= 0.3 is 34.4 Å². The summed E-state index contributed by atoms with van der Waals surface area (Å²) in [6.45, 7) is 4.31. The summed E-state index contributed by atoms with van der Waals surface area (Å²) in [6, 6.07) is 4.20. The van der Waals surface area contributed by atoms with Gasteiger partial charge in [-0.15, -0.1) is 0 Å². The first-order valence-electron chi connectivity index (χ1n) is 5.26. The fourth-order valence-electron chi connectivity index (χ4n) is 1.09. The fraction of sp³-hybridized carbons (Fsp3) is 0.500. The second-order valence-electron chi connectivity index (χ2n) is 3.89. The largest absolute Gasteiger partial charge is 1.00 e. The fourth-order valence-corrected chi connectivity index (χ4v) is 1.09. The first-order valence-corrected chi connectivity index (χ1v) is 7.28. The molecule has 1 heterocycles. The van der Waals surface area contributed by atoms with E-state index in [1.807, 2.05) is 12.3 Å². The van der Waals surface area contributed by atoms with Crippen molar-refractivity contribution in [1.29, 1.82) is 0 Å². The molecule has 0 aliphatic rings. The predicted molar refractivity (Wildman–Crippen MR) is 62.3 cm³/mol. The second kappa shape index (κ2) is 5.03. The van der Waals surface area contributed by atoms with E-state index in [1.54, 1.807) is 0 Å². The maximum absolute atomic E-state index is 10.7. The summed E-state index contributed by atoms with van der Waals surface area (Å²) in [5.41, 5.74) is 2.54. The van der Waals surface area contributed by atoms with Gasteiger partial charge in [0.1, 0.15) is 0 Å². The Morgan fingerprint density at radius 2 is 1.67 bits per heavy atom.